The molecule has 0 saturated carbocycles. The molecule has 0 aromatic carbocycles. The van der Waals surface area contributed by atoms with Crippen molar-refractivity contribution in [2.45, 2.75) is 45.3 Å². The van der Waals surface area contributed by atoms with Gasteiger partial charge in [-0.1, -0.05) is 27.2 Å². The van der Waals surface area contributed by atoms with E-state index in [0.29, 0.717) is 0 Å². The Bertz CT molecular complexity index is 69.3. The number of rotatable bonds is 4. The van der Waals surface area contributed by atoms with Gasteiger partial charge in [-0.3, -0.25) is 0 Å². The zero-order valence-corrected chi connectivity index (χ0v) is 7.71. The largest absolute Gasteiger partial charge is 0.314 e. The maximum Gasteiger partial charge on any atom is 0.246 e. The highest BCUT2D eigenvalue weighted by Gasteiger charge is 2.27. The van der Waals surface area contributed by atoms with Crippen LogP contribution >= 0.6 is 0 Å². The lowest BCUT2D eigenvalue weighted by Gasteiger charge is -2.16. The van der Waals surface area contributed by atoms with Crippen LogP contribution in [0.15, 0.2) is 0 Å². The summed E-state index contributed by atoms with van der Waals surface area (Å²) in [5.74, 6) is 0. The molecule has 0 aliphatic rings. The summed E-state index contributed by atoms with van der Waals surface area (Å²) in [5.41, 5.74) is 0. The molecule has 0 radical (unpaired) electrons. The van der Waals surface area contributed by atoms with E-state index in [1.165, 1.54) is 0 Å². The van der Waals surface area contributed by atoms with Crippen molar-refractivity contribution in [1.29, 1.82) is 0 Å². The first-order valence-electron chi connectivity index (χ1n) is 3.87. The second-order valence-electron chi connectivity index (χ2n) is 2.61. The van der Waals surface area contributed by atoms with Crippen molar-refractivity contribution in [2.24, 2.45) is 0 Å². The highest BCUT2D eigenvalue weighted by Crippen LogP contribution is 2.22. The molecule has 0 aromatic rings. The molecule has 0 bridgehead atoms. The van der Waals surface area contributed by atoms with E-state index in [0.717, 1.165) is 24.6 Å². The Morgan fingerprint density at radius 3 is 1.67 bits per heavy atom. The topological polar surface area (TPSA) is 0 Å². The zero-order valence-electron chi connectivity index (χ0n) is 6.71. The van der Waals surface area contributed by atoms with Gasteiger partial charge in [-0.2, -0.15) is 0 Å². The smallest absolute Gasteiger partial charge is 0.246 e. The van der Waals surface area contributed by atoms with Gasteiger partial charge < -0.3 is 4.11 Å². The fraction of sp³-hybridized carbons (Fsp3) is 1.00. The molecule has 0 fully saturated rings. The van der Waals surface area contributed by atoms with Crippen LogP contribution in [0.4, 0.5) is 4.11 Å². The van der Waals surface area contributed by atoms with Crippen LogP contribution in [-0.2, 0) is 0 Å². The molecule has 0 unspecified atom stereocenters. The van der Waals surface area contributed by atoms with E-state index in [-0.39, 0.29) is 0 Å². The molecule has 0 saturated heterocycles. The third-order valence-corrected chi connectivity index (χ3v) is 5.90. The maximum atomic E-state index is 13.4. The van der Waals surface area contributed by atoms with Crippen molar-refractivity contribution in [1.82, 2.24) is 0 Å². The van der Waals surface area contributed by atoms with E-state index < -0.39 is 8.41 Å². The molecule has 2 heteroatoms. The SMILES string of the molecule is CCC[Si](F)(CC)CC. The average molecular weight is 148 g/mol. The van der Waals surface area contributed by atoms with Gasteiger partial charge in [0, 0.05) is 0 Å². The van der Waals surface area contributed by atoms with Crippen molar-refractivity contribution >= 4 is 8.41 Å². The van der Waals surface area contributed by atoms with E-state index in [1.54, 1.807) is 0 Å². The summed E-state index contributed by atoms with van der Waals surface area (Å²) in [5, 5.41) is 0. The first-order chi connectivity index (χ1) is 4.18. The summed E-state index contributed by atoms with van der Waals surface area (Å²) < 4.78 is 13.4. The van der Waals surface area contributed by atoms with Gasteiger partial charge in [-0.15, -0.1) is 0 Å². The Balaban J connectivity index is 3.62. The minimum Gasteiger partial charge on any atom is -0.314 e. The van der Waals surface area contributed by atoms with Gasteiger partial charge in [-0.25, -0.2) is 0 Å². The van der Waals surface area contributed by atoms with Gasteiger partial charge >= 0.3 is 0 Å². The fourth-order valence-corrected chi connectivity index (χ4v) is 3.15. The van der Waals surface area contributed by atoms with Gasteiger partial charge in [-0.05, 0) is 18.1 Å². The zero-order chi connectivity index (χ0) is 7.33. The quantitative estimate of drug-likeness (QED) is 0.423. The molecule has 0 amide bonds. The third-order valence-electron chi connectivity index (χ3n) is 1.97. The highest BCUT2D eigenvalue weighted by molar-refractivity contribution is 6.72. The predicted octanol–water partition coefficient (Wildman–Crippen LogP) is 3.35. The summed E-state index contributed by atoms with van der Waals surface area (Å²) in [6.45, 7) is 6.02. The summed E-state index contributed by atoms with van der Waals surface area (Å²) in [4.78, 5) is 0. The monoisotopic (exact) mass is 148 g/mol. The molecule has 0 aliphatic carbocycles. The molecule has 0 atom stereocenters. The van der Waals surface area contributed by atoms with Crippen LogP contribution < -0.4 is 0 Å². The molecule has 0 rings (SSSR count). The van der Waals surface area contributed by atoms with Crippen molar-refractivity contribution in [3.63, 3.8) is 0 Å². The first kappa shape index (κ1) is 9.15. The molecular weight excluding hydrogens is 131 g/mol. The van der Waals surface area contributed by atoms with Gasteiger partial charge in [0.25, 0.3) is 0 Å². The van der Waals surface area contributed by atoms with Crippen molar-refractivity contribution in [3.8, 4) is 0 Å². The highest BCUT2D eigenvalue weighted by atomic mass is 28.4. The molecular formula is C7H17FSi. The Kier molecular flexibility index (Phi) is 4.11. The normalized spacial score (nSPS) is 12.0. The summed E-state index contributed by atoms with van der Waals surface area (Å²) in [6.07, 6.45) is 1.02. The lowest BCUT2D eigenvalue weighted by molar-refractivity contribution is 0.737. The second-order valence-corrected chi connectivity index (χ2v) is 6.82. The van der Waals surface area contributed by atoms with Crippen molar-refractivity contribution in [2.75, 3.05) is 0 Å². The van der Waals surface area contributed by atoms with Crippen LogP contribution in [0.1, 0.15) is 27.2 Å². The predicted molar refractivity (Wildman–Crippen MR) is 42.9 cm³/mol. The van der Waals surface area contributed by atoms with Crippen LogP contribution in [0.5, 0.6) is 0 Å². The summed E-state index contributed by atoms with van der Waals surface area (Å²) in [7, 11) is -2.20. The van der Waals surface area contributed by atoms with E-state index in [9.17, 15) is 4.11 Å². The maximum absolute atomic E-state index is 13.4. The molecule has 0 spiro atoms. The van der Waals surface area contributed by atoms with Gasteiger partial charge in [0.15, 0.2) is 0 Å². The standard InChI is InChI=1S/C7H17FSi/c1-4-7-9(8,5-2)6-3/h4-7H2,1-3H3. The lowest BCUT2D eigenvalue weighted by Crippen LogP contribution is -2.25. The van der Waals surface area contributed by atoms with E-state index in [1.807, 2.05) is 13.8 Å². The minimum absolute atomic E-state index is 0.803. The Labute approximate surface area is 58.6 Å². The molecule has 0 nitrogen and oxygen atoms in total. The van der Waals surface area contributed by atoms with Crippen LogP contribution in [-0.4, -0.2) is 8.41 Å². The van der Waals surface area contributed by atoms with Crippen LogP contribution in [0.25, 0.3) is 0 Å². The Hall–Kier alpha value is 0.147. The first-order valence-corrected chi connectivity index (χ1v) is 6.37. The van der Waals surface area contributed by atoms with Crippen molar-refractivity contribution < 1.29 is 4.11 Å². The Morgan fingerprint density at radius 1 is 1.11 bits per heavy atom. The van der Waals surface area contributed by atoms with E-state index in [4.69, 9.17) is 0 Å². The Morgan fingerprint density at radius 2 is 1.56 bits per heavy atom. The van der Waals surface area contributed by atoms with Crippen LogP contribution in [0.3, 0.4) is 0 Å². The molecule has 0 N–H and O–H groups in total. The molecule has 56 valence electrons. The van der Waals surface area contributed by atoms with Crippen LogP contribution in [0.2, 0.25) is 18.1 Å². The lowest BCUT2D eigenvalue weighted by atomic mass is 10.6. The number of hydrogen-bond acceptors (Lipinski definition) is 0. The van der Waals surface area contributed by atoms with E-state index >= 15 is 0 Å². The van der Waals surface area contributed by atoms with Crippen LogP contribution in [0, 0.1) is 0 Å². The molecule has 0 heterocycles. The number of hydrogen-bond donors (Lipinski definition) is 0. The fourth-order valence-electron chi connectivity index (χ4n) is 1.05. The second kappa shape index (κ2) is 4.04. The van der Waals surface area contributed by atoms with Crippen molar-refractivity contribution in [3.05, 3.63) is 0 Å². The summed E-state index contributed by atoms with van der Waals surface area (Å²) in [6, 6.07) is 2.47. The molecule has 0 aromatic heterocycles. The third kappa shape index (κ3) is 2.99. The molecule has 0 aliphatic heterocycles. The average Bonchev–Trinajstić information content (AvgIpc) is 1.89. The molecule has 9 heavy (non-hydrogen) atoms. The van der Waals surface area contributed by atoms with Gasteiger partial charge in [0.1, 0.15) is 0 Å². The minimum atomic E-state index is -2.20. The van der Waals surface area contributed by atoms with E-state index in [2.05, 4.69) is 6.92 Å². The van der Waals surface area contributed by atoms with Gasteiger partial charge in [0.2, 0.25) is 8.41 Å². The van der Waals surface area contributed by atoms with Gasteiger partial charge in [0.05, 0.1) is 0 Å². The number of halogens is 1. The summed E-state index contributed by atoms with van der Waals surface area (Å²) >= 11 is 0.